The number of hydrogen-bond acceptors (Lipinski definition) is 6. The number of amides is 1. The highest BCUT2D eigenvalue weighted by molar-refractivity contribution is 5.78. The molecule has 9 heteroatoms. The molecule has 0 N–H and O–H groups in total. The number of carbonyl (C=O) groups is 1. The maximum absolute atomic E-state index is 13.2. The summed E-state index contributed by atoms with van der Waals surface area (Å²) in [5.74, 6) is 0.330. The van der Waals surface area contributed by atoms with E-state index >= 15 is 0 Å². The van der Waals surface area contributed by atoms with Crippen molar-refractivity contribution in [3.05, 3.63) is 66.1 Å². The van der Waals surface area contributed by atoms with Crippen molar-refractivity contribution in [2.75, 3.05) is 31.1 Å². The first-order chi connectivity index (χ1) is 16.0. The quantitative estimate of drug-likeness (QED) is 0.609. The third-order valence-electron chi connectivity index (χ3n) is 6.59. The maximum atomic E-state index is 13.2. The number of hydrogen-bond donors (Lipinski definition) is 0. The zero-order chi connectivity index (χ0) is 22.9. The van der Waals surface area contributed by atoms with Gasteiger partial charge in [-0.15, -0.1) is 0 Å². The first-order valence-electron chi connectivity index (χ1n) is 11.4. The molecule has 0 aromatic carbocycles. The number of nitrogens with zero attached hydrogens (tertiary/aromatic N) is 7. The van der Waals surface area contributed by atoms with E-state index in [4.69, 9.17) is 0 Å². The Morgan fingerprint density at radius 3 is 2.67 bits per heavy atom. The topological polar surface area (TPSA) is 70.4 Å². The average molecular weight is 450 g/mol. The molecule has 172 valence electrons. The van der Waals surface area contributed by atoms with Gasteiger partial charge in [-0.1, -0.05) is 0 Å². The molecule has 2 aliphatic rings. The molecule has 0 bridgehead atoms. The summed E-state index contributed by atoms with van der Waals surface area (Å²) in [6.45, 7) is 7.69. The molecule has 5 rings (SSSR count). The molecule has 0 saturated carbocycles. The van der Waals surface area contributed by atoms with E-state index in [0.717, 1.165) is 30.0 Å². The molecule has 2 atom stereocenters. The van der Waals surface area contributed by atoms with E-state index in [0.29, 0.717) is 31.9 Å². The van der Waals surface area contributed by atoms with Gasteiger partial charge in [0.1, 0.15) is 5.82 Å². The first kappa shape index (κ1) is 21.5. The van der Waals surface area contributed by atoms with E-state index in [9.17, 15) is 9.18 Å². The molecule has 33 heavy (non-hydrogen) atoms. The van der Waals surface area contributed by atoms with Crippen molar-refractivity contribution >= 4 is 11.6 Å². The lowest BCUT2D eigenvalue weighted by atomic mass is 10.1. The van der Waals surface area contributed by atoms with Crippen molar-refractivity contribution in [2.45, 2.75) is 38.9 Å². The smallest absolute Gasteiger partial charge is 0.237 e. The fourth-order valence-corrected chi connectivity index (χ4v) is 4.82. The van der Waals surface area contributed by atoms with Crippen LogP contribution in [-0.2, 0) is 17.8 Å². The third kappa shape index (κ3) is 4.45. The van der Waals surface area contributed by atoms with Crippen LogP contribution >= 0.6 is 0 Å². The van der Waals surface area contributed by atoms with Gasteiger partial charge in [-0.05, 0) is 38.1 Å². The van der Waals surface area contributed by atoms with Crippen molar-refractivity contribution in [2.24, 2.45) is 0 Å². The van der Waals surface area contributed by atoms with Crippen LogP contribution in [0.5, 0.6) is 0 Å². The number of fused-ring (bicyclic) bond motifs is 1. The summed E-state index contributed by atoms with van der Waals surface area (Å²) < 4.78 is 14.8. The van der Waals surface area contributed by atoms with Gasteiger partial charge in [0.05, 0.1) is 30.3 Å². The van der Waals surface area contributed by atoms with E-state index < -0.39 is 0 Å². The minimum atomic E-state index is -0.378. The van der Waals surface area contributed by atoms with Gasteiger partial charge in [-0.25, -0.2) is 14.1 Å². The van der Waals surface area contributed by atoms with Gasteiger partial charge in [0.15, 0.2) is 5.82 Å². The number of carbonyl (C=O) groups excluding carboxylic acids is 1. The molecule has 1 amide bonds. The summed E-state index contributed by atoms with van der Waals surface area (Å²) in [4.78, 5) is 28.1. The van der Waals surface area contributed by atoms with Gasteiger partial charge in [-0.2, -0.15) is 5.10 Å². The van der Waals surface area contributed by atoms with Gasteiger partial charge in [-0.3, -0.25) is 14.7 Å². The Morgan fingerprint density at radius 2 is 1.97 bits per heavy atom. The van der Waals surface area contributed by atoms with E-state index in [-0.39, 0.29) is 23.8 Å². The molecule has 5 heterocycles. The van der Waals surface area contributed by atoms with Gasteiger partial charge in [0.2, 0.25) is 5.91 Å². The summed E-state index contributed by atoms with van der Waals surface area (Å²) >= 11 is 0. The number of anilines is 1. The molecular formula is C24H28FN7O. The van der Waals surface area contributed by atoms with Crippen molar-refractivity contribution in [3.8, 4) is 5.82 Å². The predicted octanol–water partition coefficient (Wildman–Crippen LogP) is 2.29. The normalized spacial score (nSPS) is 21.2. The van der Waals surface area contributed by atoms with Gasteiger partial charge >= 0.3 is 0 Å². The van der Waals surface area contributed by atoms with Crippen LogP contribution in [0.4, 0.5) is 10.1 Å². The van der Waals surface area contributed by atoms with Crippen LogP contribution in [0.2, 0.25) is 0 Å². The Hall–Kier alpha value is -3.33. The summed E-state index contributed by atoms with van der Waals surface area (Å²) in [7, 11) is 0. The number of pyridine rings is 2. The van der Waals surface area contributed by atoms with Gasteiger partial charge in [0, 0.05) is 62.6 Å². The second-order valence-electron chi connectivity index (χ2n) is 8.93. The summed E-state index contributed by atoms with van der Waals surface area (Å²) in [6, 6.07) is 7.52. The molecule has 1 fully saturated rings. The maximum Gasteiger partial charge on any atom is 0.237 e. The van der Waals surface area contributed by atoms with E-state index in [1.807, 2.05) is 23.4 Å². The molecule has 3 aromatic heterocycles. The van der Waals surface area contributed by atoms with Crippen LogP contribution in [0.1, 0.15) is 25.1 Å². The molecule has 3 aromatic rings. The van der Waals surface area contributed by atoms with Crippen molar-refractivity contribution in [3.63, 3.8) is 0 Å². The Kier molecular flexibility index (Phi) is 5.80. The number of rotatable bonds is 4. The third-order valence-corrected chi connectivity index (χ3v) is 6.59. The molecule has 2 unspecified atom stereocenters. The SMILES string of the molecule is CC1CN(c2cccnc2)CC(C)N1CC(=O)N1CCc2nn(-c3ccc(F)cn3)cc2C1. The minimum Gasteiger partial charge on any atom is -0.367 e. The largest absolute Gasteiger partial charge is 0.367 e. The molecule has 0 radical (unpaired) electrons. The monoisotopic (exact) mass is 449 g/mol. The molecule has 8 nitrogen and oxygen atoms in total. The zero-order valence-corrected chi connectivity index (χ0v) is 18.9. The summed E-state index contributed by atoms with van der Waals surface area (Å²) in [5.41, 5.74) is 3.11. The van der Waals surface area contributed by atoms with Crippen LogP contribution < -0.4 is 4.90 Å². The Bertz CT molecular complexity index is 1110. The molecule has 0 spiro atoms. The highest BCUT2D eigenvalue weighted by atomic mass is 19.1. The van der Waals surface area contributed by atoms with Gasteiger partial charge in [0.25, 0.3) is 0 Å². The Morgan fingerprint density at radius 1 is 1.15 bits per heavy atom. The number of piperazine rings is 1. The lowest BCUT2D eigenvalue weighted by Gasteiger charge is -2.45. The van der Waals surface area contributed by atoms with E-state index in [2.05, 4.69) is 44.8 Å². The van der Waals surface area contributed by atoms with E-state index in [1.54, 1.807) is 16.9 Å². The highest BCUT2D eigenvalue weighted by Gasteiger charge is 2.33. The summed E-state index contributed by atoms with van der Waals surface area (Å²) in [5, 5.41) is 4.59. The fraction of sp³-hybridized carbons (Fsp3) is 0.417. The highest BCUT2D eigenvalue weighted by Crippen LogP contribution is 2.23. The van der Waals surface area contributed by atoms with Crippen LogP contribution in [0.25, 0.3) is 5.82 Å². The van der Waals surface area contributed by atoms with Crippen LogP contribution in [0, 0.1) is 5.82 Å². The van der Waals surface area contributed by atoms with Crippen molar-refractivity contribution < 1.29 is 9.18 Å². The summed E-state index contributed by atoms with van der Waals surface area (Å²) in [6.07, 6.45) is 7.46. The fourth-order valence-electron chi connectivity index (χ4n) is 4.82. The van der Waals surface area contributed by atoms with Crippen LogP contribution in [-0.4, -0.2) is 73.7 Å². The van der Waals surface area contributed by atoms with Crippen LogP contribution in [0.15, 0.2) is 49.1 Å². The minimum absolute atomic E-state index is 0.141. The predicted molar refractivity (Wildman–Crippen MR) is 123 cm³/mol. The zero-order valence-electron chi connectivity index (χ0n) is 18.9. The second-order valence-corrected chi connectivity index (χ2v) is 8.93. The van der Waals surface area contributed by atoms with Crippen molar-refractivity contribution in [1.29, 1.82) is 0 Å². The average Bonchev–Trinajstić information content (AvgIpc) is 3.25. The van der Waals surface area contributed by atoms with Crippen LogP contribution in [0.3, 0.4) is 0 Å². The molecule has 2 aliphatic heterocycles. The Balaban J connectivity index is 1.23. The Labute approximate surface area is 192 Å². The molecule has 0 aliphatic carbocycles. The van der Waals surface area contributed by atoms with E-state index in [1.165, 1.54) is 12.3 Å². The second kappa shape index (κ2) is 8.90. The molecular weight excluding hydrogens is 421 g/mol. The molecule has 1 saturated heterocycles. The number of halogens is 1. The standard InChI is InChI=1S/C24H28FN7O/c1-17-12-30(21-4-3-8-26-11-21)13-18(2)31(17)16-24(33)29-9-7-22-19(14-29)15-32(28-22)23-6-5-20(25)10-27-23/h3-6,8,10-11,15,17-18H,7,9,12-14,16H2,1-2H3. The lowest BCUT2D eigenvalue weighted by Crippen LogP contribution is -2.59. The van der Waals surface area contributed by atoms with Crippen molar-refractivity contribution in [1.82, 2.24) is 29.5 Å². The first-order valence-corrected chi connectivity index (χ1v) is 11.4. The number of aromatic nitrogens is 4. The van der Waals surface area contributed by atoms with Gasteiger partial charge < -0.3 is 9.80 Å². The lowest BCUT2D eigenvalue weighted by molar-refractivity contribution is -0.134.